The Balaban J connectivity index is 1.87. The monoisotopic (exact) mass is 175 g/mol. The molecule has 0 heterocycles. The maximum atomic E-state index is 8.47. The number of unbranched alkanes of at least 4 members (excludes halogenated alkanes) is 1. The second-order valence-electron chi connectivity index (χ2n) is 4.52. The van der Waals surface area contributed by atoms with Gasteiger partial charge in [0.05, 0.1) is 6.07 Å². The zero-order chi connectivity index (χ0) is 9.26. The van der Waals surface area contributed by atoms with Gasteiger partial charge >= 0.3 is 0 Å². The van der Waals surface area contributed by atoms with Gasteiger partial charge in [-0.25, -0.2) is 0 Å². The van der Waals surface area contributed by atoms with Gasteiger partial charge < -0.3 is 0 Å². The summed E-state index contributed by atoms with van der Waals surface area (Å²) < 4.78 is 0. The Kier molecular flexibility index (Phi) is 2.40. The van der Waals surface area contributed by atoms with Crippen LogP contribution in [0.2, 0.25) is 0 Å². The highest BCUT2D eigenvalue weighted by molar-refractivity contribution is 5.12. The van der Waals surface area contributed by atoms with E-state index in [0.717, 1.165) is 36.5 Å². The Morgan fingerprint density at radius 2 is 2.15 bits per heavy atom. The molecule has 0 N–H and O–H groups in total. The topological polar surface area (TPSA) is 23.8 Å². The molecule has 4 unspecified atom stereocenters. The van der Waals surface area contributed by atoms with Crippen LogP contribution in [0.1, 0.15) is 32.6 Å². The smallest absolute Gasteiger partial charge is 0.0621 e. The molecule has 4 atom stereocenters. The van der Waals surface area contributed by atoms with Crippen LogP contribution in [0.25, 0.3) is 0 Å². The summed E-state index contributed by atoms with van der Waals surface area (Å²) in [4.78, 5) is 0. The van der Waals surface area contributed by atoms with Crippen molar-refractivity contribution in [1.82, 2.24) is 0 Å². The highest BCUT2D eigenvalue weighted by Gasteiger charge is 2.40. The Hall–Kier alpha value is -0.770. The van der Waals surface area contributed by atoms with Gasteiger partial charge in [-0.2, -0.15) is 5.26 Å². The lowest BCUT2D eigenvalue weighted by Gasteiger charge is -2.24. The summed E-state index contributed by atoms with van der Waals surface area (Å²) >= 11 is 0. The van der Waals surface area contributed by atoms with Gasteiger partial charge in [-0.1, -0.05) is 19.1 Å². The first kappa shape index (κ1) is 8.81. The van der Waals surface area contributed by atoms with E-state index < -0.39 is 0 Å². The van der Waals surface area contributed by atoms with Crippen LogP contribution in [-0.4, -0.2) is 0 Å². The largest absolute Gasteiger partial charge is 0.198 e. The highest BCUT2D eigenvalue weighted by Crippen LogP contribution is 2.49. The Bertz CT molecular complexity index is 248. The zero-order valence-electron chi connectivity index (χ0n) is 8.24. The standard InChI is InChI=1S/C12H17N/c1-9-10-5-6-11(8-10)12(9)4-2-3-7-13/h5-6,9-12H,2-4,8H2,1H3. The van der Waals surface area contributed by atoms with Crippen LogP contribution in [0.5, 0.6) is 0 Å². The quantitative estimate of drug-likeness (QED) is 0.477. The molecule has 2 rings (SSSR count). The number of nitrogens with zero attached hydrogens (tertiary/aromatic N) is 1. The summed E-state index contributed by atoms with van der Waals surface area (Å²) in [5.41, 5.74) is 0. The number of hydrogen-bond donors (Lipinski definition) is 0. The molecule has 0 saturated heterocycles. The number of hydrogen-bond acceptors (Lipinski definition) is 1. The maximum absolute atomic E-state index is 8.47. The molecular formula is C12H17N. The number of nitriles is 1. The van der Waals surface area contributed by atoms with Crippen LogP contribution >= 0.6 is 0 Å². The maximum Gasteiger partial charge on any atom is 0.0621 e. The summed E-state index contributed by atoms with van der Waals surface area (Å²) in [5.74, 6) is 3.45. The molecule has 1 heteroatoms. The van der Waals surface area contributed by atoms with E-state index in [1.54, 1.807) is 0 Å². The van der Waals surface area contributed by atoms with Crippen molar-refractivity contribution in [1.29, 1.82) is 5.26 Å². The van der Waals surface area contributed by atoms with Crippen molar-refractivity contribution in [2.24, 2.45) is 23.7 Å². The molecule has 0 radical (unpaired) electrons. The molecule has 0 aliphatic heterocycles. The number of allylic oxidation sites excluding steroid dienone is 2. The third kappa shape index (κ3) is 1.50. The van der Waals surface area contributed by atoms with Crippen LogP contribution in [-0.2, 0) is 0 Å². The molecule has 1 nitrogen and oxygen atoms in total. The van der Waals surface area contributed by atoms with Crippen molar-refractivity contribution >= 4 is 0 Å². The van der Waals surface area contributed by atoms with Crippen molar-refractivity contribution < 1.29 is 0 Å². The Morgan fingerprint density at radius 3 is 2.77 bits per heavy atom. The first-order chi connectivity index (χ1) is 6.33. The van der Waals surface area contributed by atoms with Gasteiger partial charge in [0, 0.05) is 6.42 Å². The molecule has 0 aromatic carbocycles. The third-order valence-electron chi connectivity index (χ3n) is 3.88. The fourth-order valence-corrected chi connectivity index (χ4v) is 3.07. The van der Waals surface area contributed by atoms with Gasteiger partial charge in [0.1, 0.15) is 0 Å². The minimum absolute atomic E-state index is 0.740. The van der Waals surface area contributed by atoms with Gasteiger partial charge in [-0.3, -0.25) is 0 Å². The fourth-order valence-electron chi connectivity index (χ4n) is 3.07. The molecule has 13 heavy (non-hydrogen) atoms. The predicted molar refractivity (Wildman–Crippen MR) is 52.9 cm³/mol. The summed E-state index contributed by atoms with van der Waals surface area (Å²) in [7, 11) is 0. The average Bonchev–Trinajstić information content (AvgIpc) is 2.69. The van der Waals surface area contributed by atoms with Crippen molar-refractivity contribution in [2.45, 2.75) is 32.6 Å². The van der Waals surface area contributed by atoms with Gasteiger partial charge in [-0.15, -0.1) is 0 Å². The summed E-state index contributed by atoms with van der Waals surface area (Å²) in [5, 5.41) is 8.47. The zero-order valence-corrected chi connectivity index (χ0v) is 8.24. The number of fused-ring (bicyclic) bond motifs is 2. The van der Waals surface area contributed by atoms with E-state index in [9.17, 15) is 0 Å². The van der Waals surface area contributed by atoms with Crippen molar-refractivity contribution in [3.05, 3.63) is 12.2 Å². The second kappa shape index (κ2) is 3.54. The normalized spacial score (nSPS) is 40.9. The van der Waals surface area contributed by atoms with Crippen molar-refractivity contribution in [3.8, 4) is 6.07 Å². The highest BCUT2D eigenvalue weighted by atomic mass is 14.5. The molecule has 70 valence electrons. The molecule has 0 amide bonds. The minimum Gasteiger partial charge on any atom is -0.198 e. The minimum atomic E-state index is 0.740. The molecule has 0 spiro atoms. The summed E-state index contributed by atoms with van der Waals surface area (Å²) in [6, 6.07) is 2.23. The fraction of sp³-hybridized carbons (Fsp3) is 0.750. The molecule has 1 saturated carbocycles. The van der Waals surface area contributed by atoms with E-state index in [0.29, 0.717) is 0 Å². The van der Waals surface area contributed by atoms with E-state index >= 15 is 0 Å². The SMILES string of the molecule is CC1C2C=CC(C2)C1CCCC#N. The lowest BCUT2D eigenvalue weighted by Crippen LogP contribution is -2.16. The molecule has 2 aliphatic rings. The van der Waals surface area contributed by atoms with Crippen LogP contribution in [0.3, 0.4) is 0 Å². The molecule has 0 aromatic rings. The molecule has 0 aromatic heterocycles. The van der Waals surface area contributed by atoms with E-state index in [4.69, 9.17) is 5.26 Å². The van der Waals surface area contributed by atoms with Gasteiger partial charge in [0.15, 0.2) is 0 Å². The first-order valence-corrected chi connectivity index (χ1v) is 5.38. The Morgan fingerprint density at radius 1 is 1.38 bits per heavy atom. The van der Waals surface area contributed by atoms with Gasteiger partial charge in [0.2, 0.25) is 0 Å². The van der Waals surface area contributed by atoms with Crippen LogP contribution < -0.4 is 0 Å². The summed E-state index contributed by atoms with van der Waals surface area (Å²) in [6.07, 6.45) is 9.29. The molecular weight excluding hydrogens is 158 g/mol. The van der Waals surface area contributed by atoms with Gasteiger partial charge in [0.25, 0.3) is 0 Å². The molecule has 2 bridgehead atoms. The van der Waals surface area contributed by atoms with Gasteiger partial charge in [-0.05, 0) is 42.9 Å². The molecule has 1 fully saturated rings. The lowest BCUT2D eigenvalue weighted by atomic mass is 9.81. The second-order valence-corrected chi connectivity index (χ2v) is 4.52. The van der Waals surface area contributed by atoms with Crippen molar-refractivity contribution in [3.63, 3.8) is 0 Å². The first-order valence-electron chi connectivity index (χ1n) is 5.38. The van der Waals surface area contributed by atoms with Crippen LogP contribution in [0.4, 0.5) is 0 Å². The van der Waals surface area contributed by atoms with E-state index in [1.165, 1.54) is 12.8 Å². The average molecular weight is 175 g/mol. The predicted octanol–water partition coefficient (Wildman–Crippen LogP) is 3.14. The Labute approximate surface area is 80.4 Å². The lowest BCUT2D eigenvalue weighted by molar-refractivity contribution is 0.309. The summed E-state index contributed by atoms with van der Waals surface area (Å²) in [6.45, 7) is 2.38. The van der Waals surface area contributed by atoms with Crippen LogP contribution in [0.15, 0.2) is 12.2 Å². The third-order valence-corrected chi connectivity index (χ3v) is 3.88. The van der Waals surface area contributed by atoms with E-state index in [1.807, 2.05) is 0 Å². The van der Waals surface area contributed by atoms with E-state index in [2.05, 4.69) is 25.1 Å². The van der Waals surface area contributed by atoms with Crippen molar-refractivity contribution in [2.75, 3.05) is 0 Å². The van der Waals surface area contributed by atoms with Crippen LogP contribution in [0, 0.1) is 35.0 Å². The van der Waals surface area contributed by atoms with E-state index in [-0.39, 0.29) is 0 Å². The number of rotatable bonds is 3. The molecule has 2 aliphatic carbocycles.